The molecule has 13 heavy (non-hydrogen) atoms. The summed E-state index contributed by atoms with van der Waals surface area (Å²) in [6, 6.07) is 4.67. The van der Waals surface area contributed by atoms with Crippen LogP contribution in [-0.4, -0.2) is 11.5 Å². The number of benzene rings is 1. The minimum absolute atomic E-state index is 0.246. The molecule has 1 aromatic rings. The molecule has 0 heterocycles. The van der Waals surface area contributed by atoms with Crippen LogP contribution in [0.2, 0.25) is 0 Å². The van der Waals surface area contributed by atoms with Gasteiger partial charge in [0.15, 0.2) is 0 Å². The van der Waals surface area contributed by atoms with Crippen LogP contribution in [0.1, 0.15) is 17.2 Å². The van der Waals surface area contributed by atoms with Crippen molar-refractivity contribution in [1.29, 1.82) is 0 Å². The molecule has 0 aliphatic heterocycles. The maximum absolute atomic E-state index is 12.1. The van der Waals surface area contributed by atoms with Gasteiger partial charge in [0.05, 0.1) is 0 Å². The van der Waals surface area contributed by atoms with Crippen molar-refractivity contribution >= 4 is 15.9 Å². The van der Waals surface area contributed by atoms with Gasteiger partial charge in [0, 0.05) is 4.47 Å². The van der Waals surface area contributed by atoms with Gasteiger partial charge in [-0.3, -0.25) is 0 Å². The maximum Gasteiger partial charge on any atom is 0.268 e. The SMILES string of the molecule is Cc1cc(C(O)C(F)F)ccc1Br. The predicted octanol–water partition coefficient (Wildman–Crippen LogP) is 3.06. The van der Waals surface area contributed by atoms with Crippen molar-refractivity contribution in [2.75, 3.05) is 0 Å². The zero-order valence-corrected chi connectivity index (χ0v) is 8.55. The summed E-state index contributed by atoms with van der Waals surface area (Å²) in [5, 5.41) is 9.05. The van der Waals surface area contributed by atoms with Crippen LogP contribution in [0.15, 0.2) is 22.7 Å². The lowest BCUT2D eigenvalue weighted by Crippen LogP contribution is -2.07. The number of hydrogen-bond acceptors (Lipinski definition) is 1. The molecule has 0 aliphatic rings. The van der Waals surface area contributed by atoms with Gasteiger partial charge < -0.3 is 5.11 Å². The molecular formula is C9H9BrF2O. The monoisotopic (exact) mass is 250 g/mol. The first-order valence-electron chi connectivity index (χ1n) is 3.74. The van der Waals surface area contributed by atoms with Gasteiger partial charge in [0.2, 0.25) is 0 Å². The van der Waals surface area contributed by atoms with Crippen LogP contribution in [0.5, 0.6) is 0 Å². The Morgan fingerprint density at radius 3 is 2.46 bits per heavy atom. The number of hydrogen-bond donors (Lipinski definition) is 1. The van der Waals surface area contributed by atoms with Gasteiger partial charge >= 0.3 is 0 Å². The van der Waals surface area contributed by atoms with Crippen molar-refractivity contribution in [3.05, 3.63) is 33.8 Å². The molecule has 0 aliphatic carbocycles. The van der Waals surface area contributed by atoms with Crippen LogP contribution in [-0.2, 0) is 0 Å². The number of rotatable bonds is 2. The highest BCUT2D eigenvalue weighted by molar-refractivity contribution is 9.10. The molecule has 0 bridgehead atoms. The fraction of sp³-hybridized carbons (Fsp3) is 0.333. The average molecular weight is 251 g/mol. The van der Waals surface area contributed by atoms with E-state index in [-0.39, 0.29) is 5.56 Å². The number of aryl methyl sites for hydroxylation is 1. The molecule has 1 rings (SSSR count). The standard InChI is InChI=1S/C9H9BrF2O/c1-5-4-6(2-3-7(5)10)8(13)9(11)12/h2-4,8-9,13H,1H3. The summed E-state index contributed by atoms with van der Waals surface area (Å²) in [6.45, 7) is 1.78. The van der Waals surface area contributed by atoms with Gasteiger partial charge in [-0.25, -0.2) is 8.78 Å². The molecule has 0 saturated heterocycles. The third-order valence-corrected chi connectivity index (χ3v) is 2.65. The van der Waals surface area contributed by atoms with Crippen molar-refractivity contribution < 1.29 is 13.9 Å². The summed E-state index contributed by atoms with van der Waals surface area (Å²) >= 11 is 3.25. The summed E-state index contributed by atoms with van der Waals surface area (Å²) in [5.41, 5.74) is 1.08. The first-order valence-corrected chi connectivity index (χ1v) is 4.54. The van der Waals surface area contributed by atoms with Crippen molar-refractivity contribution in [3.8, 4) is 0 Å². The van der Waals surface area contributed by atoms with Crippen molar-refractivity contribution in [2.24, 2.45) is 0 Å². The Labute approximate surface area is 83.5 Å². The first kappa shape index (κ1) is 10.6. The van der Waals surface area contributed by atoms with E-state index in [0.717, 1.165) is 10.0 Å². The molecule has 1 nitrogen and oxygen atoms in total. The van der Waals surface area contributed by atoms with Crippen LogP contribution in [0.4, 0.5) is 8.78 Å². The number of halogens is 3. The zero-order chi connectivity index (χ0) is 10.0. The van der Waals surface area contributed by atoms with E-state index in [1.807, 2.05) is 0 Å². The third-order valence-electron chi connectivity index (χ3n) is 1.76. The first-order chi connectivity index (χ1) is 6.02. The number of aliphatic hydroxyl groups excluding tert-OH is 1. The van der Waals surface area contributed by atoms with E-state index in [0.29, 0.717) is 0 Å². The largest absolute Gasteiger partial charge is 0.382 e. The van der Waals surface area contributed by atoms with E-state index < -0.39 is 12.5 Å². The summed E-state index contributed by atoms with van der Waals surface area (Å²) in [5.74, 6) is 0. The summed E-state index contributed by atoms with van der Waals surface area (Å²) in [4.78, 5) is 0. The second-order valence-electron chi connectivity index (χ2n) is 2.79. The van der Waals surface area contributed by atoms with E-state index >= 15 is 0 Å². The van der Waals surface area contributed by atoms with Gasteiger partial charge in [0.1, 0.15) is 6.10 Å². The van der Waals surface area contributed by atoms with Crippen LogP contribution >= 0.6 is 15.9 Å². The maximum atomic E-state index is 12.1. The topological polar surface area (TPSA) is 20.2 Å². The molecule has 72 valence electrons. The molecule has 0 saturated carbocycles. The molecule has 0 spiro atoms. The molecule has 1 N–H and O–H groups in total. The van der Waals surface area contributed by atoms with Crippen LogP contribution in [0.25, 0.3) is 0 Å². The fourth-order valence-electron chi connectivity index (χ4n) is 0.997. The molecule has 0 fully saturated rings. The van der Waals surface area contributed by atoms with Gasteiger partial charge in [-0.15, -0.1) is 0 Å². The molecule has 1 atom stereocenters. The van der Waals surface area contributed by atoms with Crippen molar-refractivity contribution in [3.63, 3.8) is 0 Å². The normalized spacial score (nSPS) is 13.4. The van der Waals surface area contributed by atoms with Gasteiger partial charge in [-0.05, 0) is 24.1 Å². The minimum Gasteiger partial charge on any atom is -0.382 e. The Bertz CT molecular complexity index is 302. The Balaban J connectivity index is 2.97. The van der Waals surface area contributed by atoms with Crippen molar-refractivity contribution in [1.82, 2.24) is 0 Å². The Hall–Kier alpha value is -0.480. The van der Waals surface area contributed by atoms with E-state index in [1.54, 1.807) is 19.1 Å². The minimum atomic E-state index is -2.74. The second-order valence-corrected chi connectivity index (χ2v) is 3.64. The third kappa shape index (κ3) is 2.48. The number of aliphatic hydroxyl groups is 1. The quantitative estimate of drug-likeness (QED) is 0.856. The van der Waals surface area contributed by atoms with E-state index in [4.69, 9.17) is 5.11 Å². The molecule has 1 aromatic carbocycles. The van der Waals surface area contributed by atoms with Gasteiger partial charge in [-0.2, -0.15) is 0 Å². The lowest BCUT2D eigenvalue weighted by atomic mass is 10.1. The highest BCUT2D eigenvalue weighted by Crippen LogP contribution is 2.24. The van der Waals surface area contributed by atoms with E-state index in [9.17, 15) is 8.78 Å². The zero-order valence-electron chi connectivity index (χ0n) is 6.97. The Morgan fingerprint density at radius 2 is 2.00 bits per heavy atom. The summed E-state index contributed by atoms with van der Waals surface area (Å²) in [7, 11) is 0. The fourth-order valence-corrected chi connectivity index (χ4v) is 1.24. The molecule has 0 aromatic heterocycles. The Kier molecular flexibility index (Phi) is 3.39. The van der Waals surface area contributed by atoms with Crippen molar-refractivity contribution in [2.45, 2.75) is 19.5 Å². The highest BCUT2D eigenvalue weighted by Gasteiger charge is 2.19. The van der Waals surface area contributed by atoms with Gasteiger partial charge in [0.25, 0.3) is 6.43 Å². The van der Waals surface area contributed by atoms with Crippen LogP contribution in [0, 0.1) is 6.92 Å². The van der Waals surface area contributed by atoms with E-state index in [1.165, 1.54) is 6.07 Å². The molecule has 1 unspecified atom stereocenters. The van der Waals surface area contributed by atoms with Gasteiger partial charge in [-0.1, -0.05) is 28.1 Å². The average Bonchev–Trinajstić information content (AvgIpc) is 2.08. The molecule has 0 amide bonds. The molecular weight excluding hydrogens is 242 g/mol. The summed E-state index contributed by atoms with van der Waals surface area (Å²) < 4.78 is 25.0. The smallest absolute Gasteiger partial charge is 0.268 e. The predicted molar refractivity (Wildman–Crippen MR) is 49.8 cm³/mol. The second kappa shape index (κ2) is 4.15. The number of alkyl halides is 2. The van der Waals surface area contributed by atoms with Crippen LogP contribution in [0.3, 0.4) is 0 Å². The summed E-state index contributed by atoms with van der Waals surface area (Å²) in [6.07, 6.45) is -4.42. The van der Waals surface area contributed by atoms with E-state index in [2.05, 4.69) is 15.9 Å². The highest BCUT2D eigenvalue weighted by atomic mass is 79.9. The lowest BCUT2D eigenvalue weighted by molar-refractivity contribution is -0.00581. The lowest BCUT2D eigenvalue weighted by Gasteiger charge is -2.10. The molecule has 4 heteroatoms. The Morgan fingerprint density at radius 1 is 1.38 bits per heavy atom. The molecule has 0 radical (unpaired) electrons. The van der Waals surface area contributed by atoms with Crippen LogP contribution < -0.4 is 0 Å².